The minimum Gasteiger partial charge on any atom is -0.454 e. The van der Waals surface area contributed by atoms with Gasteiger partial charge in [0, 0.05) is 6.04 Å². The largest absolute Gasteiger partial charge is 0.454 e. The van der Waals surface area contributed by atoms with Gasteiger partial charge in [-0.1, -0.05) is 11.6 Å². The third-order valence-electron chi connectivity index (χ3n) is 2.04. The first-order chi connectivity index (χ1) is 6.66. The molecule has 2 rings (SSSR count). The Labute approximate surface area is 87.8 Å². The average molecular weight is 214 g/mol. The van der Waals surface area contributed by atoms with Crippen molar-refractivity contribution in [3.63, 3.8) is 0 Å². The number of nitrogens with two attached hydrogens (primary N) is 1. The lowest BCUT2D eigenvalue weighted by molar-refractivity contribution is 0.174. The number of rotatable bonds is 2. The molecule has 4 heteroatoms. The zero-order chi connectivity index (χ0) is 10.1. The Bertz CT molecular complexity index is 352. The van der Waals surface area contributed by atoms with Crippen LogP contribution >= 0.6 is 11.6 Å². The van der Waals surface area contributed by atoms with Crippen LogP contribution < -0.4 is 15.2 Å². The van der Waals surface area contributed by atoms with Crippen LogP contribution in [0.4, 0.5) is 0 Å². The SMILES string of the molecule is CC(N)Cc1cc(Cl)c2c(c1)OCO2. The zero-order valence-corrected chi connectivity index (χ0v) is 8.67. The van der Waals surface area contributed by atoms with Crippen molar-refractivity contribution in [3.8, 4) is 11.5 Å². The molecule has 0 bridgehead atoms. The van der Waals surface area contributed by atoms with Gasteiger partial charge in [-0.3, -0.25) is 0 Å². The van der Waals surface area contributed by atoms with Crippen LogP contribution in [-0.4, -0.2) is 12.8 Å². The Hall–Kier alpha value is -0.930. The number of benzene rings is 1. The van der Waals surface area contributed by atoms with E-state index < -0.39 is 0 Å². The van der Waals surface area contributed by atoms with Gasteiger partial charge in [0.1, 0.15) is 0 Å². The van der Waals surface area contributed by atoms with Crippen molar-refractivity contribution in [3.05, 3.63) is 22.7 Å². The highest BCUT2D eigenvalue weighted by molar-refractivity contribution is 6.32. The molecule has 1 aliphatic rings. The third-order valence-corrected chi connectivity index (χ3v) is 2.33. The molecular formula is C10H12ClNO2. The van der Waals surface area contributed by atoms with Gasteiger partial charge in [0.15, 0.2) is 11.5 Å². The van der Waals surface area contributed by atoms with E-state index in [1.165, 1.54) is 0 Å². The normalized spacial score (nSPS) is 15.6. The smallest absolute Gasteiger partial charge is 0.231 e. The average Bonchev–Trinajstić information content (AvgIpc) is 2.50. The fraction of sp³-hybridized carbons (Fsp3) is 0.400. The standard InChI is InChI=1S/C10H12ClNO2/c1-6(12)2-7-3-8(11)10-9(4-7)13-5-14-10/h3-4,6H,2,5,12H2,1H3. The molecule has 0 aromatic heterocycles. The van der Waals surface area contributed by atoms with E-state index in [0.717, 1.165) is 12.0 Å². The molecular weight excluding hydrogens is 202 g/mol. The number of hydrogen-bond donors (Lipinski definition) is 1. The molecule has 0 saturated heterocycles. The lowest BCUT2D eigenvalue weighted by Crippen LogP contribution is -2.17. The van der Waals surface area contributed by atoms with Gasteiger partial charge in [-0.2, -0.15) is 0 Å². The van der Waals surface area contributed by atoms with E-state index in [9.17, 15) is 0 Å². The van der Waals surface area contributed by atoms with Crippen LogP contribution in [0.1, 0.15) is 12.5 Å². The Morgan fingerprint density at radius 2 is 2.29 bits per heavy atom. The summed E-state index contributed by atoms with van der Waals surface area (Å²) < 4.78 is 10.5. The lowest BCUT2D eigenvalue weighted by Gasteiger charge is -2.07. The van der Waals surface area contributed by atoms with Gasteiger partial charge in [-0.05, 0) is 31.0 Å². The molecule has 0 saturated carbocycles. The van der Waals surface area contributed by atoms with Gasteiger partial charge in [0.05, 0.1) is 5.02 Å². The van der Waals surface area contributed by atoms with Crippen molar-refractivity contribution in [2.24, 2.45) is 5.73 Å². The summed E-state index contributed by atoms with van der Waals surface area (Å²) in [6, 6.07) is 3.92. The van der Waals surface area contributed by atoms with Crippen LogP contribution in [0.15, 0.2) is 12.1 Å². The van der Waals surface area contributed by atoms with Crippen LogP contribution in [0, 0.1) is 0 Å². The Morgan fingerprint density at radius 3 is 3.00 bits per heavy atom. The maximum Gasteiger partial charge on any atom is 0.231 e. The monoisotopic (exact) mass is 213 g/mol. The number of halogens is 1. The predicted molar refractivity (Wildman–Crippen MR) is 54.9 cm³/mol. The summed E-state index contributed by atoms with van der Waals surface area (Å²) in [5, 5.41) is 0.593. The molecule has 0 aliphatic carbocycles. The quantitative estimate of drug-likeness (QED) is 0.817. The second-order valence-electron chi connectivity index (χ2n) is 3.49. The van der Waals surface area contributed by atoms with Gasteiger partial charge < -0.3 is 15.2 Å². The van der Waals surface area contributed by atoms with Crippen LogP contribution in [0.2, 0.25) is 5.02 Å². The fourth-order valence-electron chi connectivity index (χ4n) is 1.51. The summed E-state index contributed by atoms with van der Waals surface area (Å²) in [5.74, 6) is 1.35. The summed E-state index contributed by atoms with van der Waals surface area (Å²) in [6.45, 7) is 2.20. The van der Waals surface area contributed by atoms with Crippen molar-refractivity contribution >= 4 is 11.6 Å². The van der Waals surface area contributed by atoms with E-state index in [1.54, 1.807) is 0 Å². The highest BCUT2D eigenvalue weighted by Crippen LogP contribution is 2.39. The minimum absolute atomic E-state index is 0.117. The van der Waals surface area contributed by atoms with Crippen molar-refractivity contribution in [1.82, 2.24) is 0 Å². The molecule has 3 nitrogen and oxygen atoms in total. The molecule has 1 aromatic rings. The lowest BCUT2D eigenvalue weighted by atomic mass is 10.1. The fourth-order valence-corrected chi connectivity index (χ4v) is 1.80. The number of ether oxygens (including phenoxy) is 2. The minimum atomic E-state index is 0.117. The van der Waals surface area contributed by atoms with E-state index >= 15 is 0 Å². The first kappa shape index (κ1) is 9.62. The van der Waals surface area contributed by atoms with E-state index in [1.807, 2.05) is 19.1 Å². The first-order valence-electron chi connectivity index (χ1n) is 4.50. The summed E-state index contributed by atoms with van der Waals surface area (Å²) in [4.78, 5) is 0. The Balaban J connectivity index is 2.32. The van der Waals surface area contributed by atoms with Crippen LogP contribution in [0.25, 0.3) is 0 Å². The predicted octanol–water partition coefficient (Wildman–Crippen LogP) is 1.96. The van der Waals surface area contributed by atoms with Crippen LogP contribution in [-0.2, 0) is 6.42 Å². The third kappa shape index (κ3) is 1.79. The van der Waals surface area contributed by atoms with Crippen molar-refractivity contribution in [1.29, 1.82) is 0 Å². The molecule has 2 N–H and O–H groups in total. The summed E-state index contributed by atoms with van der Waals surface area (Å²) in [5.41, 5.74) is 6.78. The van der Waals surface area contributed by atoms with Crippen molar-refractivity contribution in [2.45, 2.75) is 19.4 Å². The second-order valence-corrected chi connectivity index (χ2v) is 3.90. The van der Waals surface area contributed by atoms with Gasteiger partial charge in [-0.25, -0.2) is 0 Å². The number of hydrogen-bond acceptors (Lipinski definition) is 3. The van der Waals surface area contributed by atoms with E-state index in [0.29, 0.717) is 16.5 Å². The number of fused-ring (bicyclic) bond motifs is 1. The van der Waals surface area contributed by atoms with E-state index in [2.05, 4.69) is 0 Å². The molecule has 0 spiro atoms. The molecule has 1 heterocycles. The molecule has 14 heavy (non-hydrogen) atoms. The van der Waals surface area contributed by atoms with Gasteiger partial charge in [0.25, 0.3) is 0 Å². The summed E-state index contributed by atoms with van der Waals surface area (Å²) >= 11 is 6.01. The molecule has 1 aliphatic heterocycles. The molecule has 1 aromatic carbocycles. The van der Waals surface area contributed by atoms with Crippen molar-refractivity contribution in [2.75, 3.05) is 6.79 Å². The van der Waals surface area contributed by atoms with Crippen molar-refractivity contribution < 1.29 is 9.47 Å². The topological polar surface area (TPSA) is 44.5 Å². The van der Waals surface area contributed by atoms with E-state index in [4.69, 9.17) is 26.8 Å². The first-order valence-corrected chi connectivity index (χ1v) is 4.88. The molecule has 0 fully saturated rings. The molecule has 1 unspecified atom stereocenters. The molecule has 1 atom stereocenters. The summed E-state index contributed by atoms with van der Waals surface area (Å²) in [7, 11) is 0. The highest BCUT2D eigenvalue weighted by atomic mass is 35.5. The zero-order valence-electron chi connectivity index (χ0n) is 7.92. The molecule has 0 amide bonds. The Kier molecular flexibility index (Phi) is 2.52. The van der Waals surface area contributed by atoms with Crippen LogP contribution in [0.5, 0.6) is 11.5 Å². The van der Waals surface area contributed by atoms with Gasteiger partial charge >= 0.3 is 0 Å². The Morgan fingerprint density at radius 1 is 1.50 bits per heavy atom. The molecule has 76 valence electrons. The maximum absolute atomic E-state index is 6.01. The summed E-state index contributed by atoms with van der Waals surface area (Å²) in [6.07, 6.45) is 0.788. The van der Waals surface area contributed by atoms with E-state index in [-0.39, 0.29) is 12.8 Å². The maximum atomic E-state index is 6.01. The second kappa shape index (κ2) is 3.67. The van der Waals surface area contributed by atoms with Gasteiger partial charge in [0.2, 0.25) is 6.79 Å². The van der Waals surface area contributed by atoms with Crippen LogP contribution in [0.3, 0.4) is 0 Å². The van der Waals surface area contributed by atoms with Gasteiger partial charge in [-0.15, -0.1) is 0 Å². The highest BCUT2D eigenvalue weighted by Gasteiger charge is 2.18. The molecule has 0 radical (unpaired) electrons.